The Kier molecular flexibility index (Phi) is 6.37. The smallest absolute Gasteiger partial charge is 0.344 e. The summed E-state index contributed by atoms with van der Waals surface area (Å²) in [6.07, 6.45) is 0. The van der Waals surface area contributed by atoms with Crippen LogP contribution in [0.3, 0.4) is 0 Å². The maximum Gasteiger partial charge on any atom is 0.344 e. The molecule has 0 fully saturated rings. The van der Waals surface area contributed by atoms with Crippen molar-refractivity contribution in [3.05, 3.63) is 65.2 Å². The zero-order valence-corrected chi connectivity index (χ0v) is 13.9. The second kappa shape index (κ2) is 8.72. The molecule has 5 nitrogen and oxygen atoms in total. The van der Waals surface area contributed by atoms with Gasteiger partial charge in [0.05, 0.1) is 0 Å². The average Bonchev–Trinajstić information content (AvgIpc) is 2.59. The van der Waals surface area contributed by atoms with E-state index in [0.29, 0.717) is 12.3 Å². The van der Waals surface area contributed by atoms with E-state index < -0.39 is 5.97 Å². The van der Waals surface area contributed by atoms with Crippen LogP contribution >= 0.6 is 0 Å². The molecule has 0 saturated carbocycles. The Morgan fingerprint density at radius 3 is 2.08 bits per heavy atom. The third kappa shape index (κ3) is 6.12. The Morgan fingerprint density at radius 2 is 1.46 bits per heavy atom. The number of carbonyl (C=O) groups is 2. The SMILES string of the molecule is Cc1ccc(CNC(=O)COC(=O)COc2ccc(C)cc2)cc1. The number of nitrogens with one attached hydrogen (secondary N) is 1. The van der Waals surface area contributed by atoms with E-state index in [-0.39, 0.29) is 19.1 Å². The molecule has 0 atom stereocenters. The van der Waals surface area contributed by atoms with Gasteiger partial charge in [-0.05, 0) is 31.5 Å². The van der Waals surface area contributed by atoms with Crippen LogP contribution in [0.1, 0.15) is 16.7 Å². The van der Waals surface area contributed by atoms with Crippen LogP contribution in [0.5, 0.6) is 5.75 Å². The van der Waals surface area contributed by atoms with Crippen molar-refractivity contribution in [2.24, 2.45) is 0 Å². The van der Waals surface area contributed by atoms with Gasteiger partial charge in [-0.3, -0.25) is 4.79 Å². The van der Waals surface area contributed by atoms with E-state index in [2.05, 4.69) is 5.32 Å². The van der Waals surface area contributed by atoms with Crippen LogP contribution in [0.4, 0.5) is 0 Å². The fourth-order valence-electron chi connectivity index (χ4n) is 1.92. The van der Waals surface area contributed by atoms with Crippen LogP contribution in [0.25, 0.3) is 0 Å². The molecule has 5 heteroatoms. The number of aryl methyl sites for hydroxylation is 2. The van der Waals surface area contributed by atoms with E-state index >= 15 is 0 Å². The van der Waals surface area contributed by atoms with Crippen molar-refractivity contribution in [2.45, 2.75) is 20.4 Å². The maximum absolute atomic E-state index is 11.7. The molecule has 1 amide bonds. The lowest BCUT2D eigenvalue weighted by atomic mass is 10.1. The van der Waals surface area contributed by atoms with Gasteiger partial charge >= 0.3 is 5.97 Å². The number of amides is 1. The average molecular weight is 327 g/mol. The van der Waals surface area contributed by atoms with Crippen LogP contribution in [-0.2, 0) is 20.9 Å². The highest BCUT2D eigenvalue weighted by Gasteiger charge is 2.08. The fraction of sp³-hybridized carbons (Fsp3) is 0.263. The van der Waals surface area contributed by atoms with Gasteiger partial charge in [0.15, 0.2) is 13.2 Å². The summed E-state index contributed by atoms with van der Waals surface area (Å²) in [7, 11) is 0. The van der Waals surface area contributed by atoms with Gasteiger partial charge < -0.3 is 14.8 Å². The Hall–Kier alpha value is -2.82. The van der Waals surface area contributed by atoms with Gasteiger partial charge in [-0.2, -0.15) is 0 Å². The van der Waals surface area contributed by atoms with Crippen molar-refractivity contribution in [3.63, 3.8) is 0 Å². The lowest BCUT2D eigenvalue weighted by Gasteiger charge is -2.08. The molecule has 2 aromatic rings. The maximum atomic E-state index is 11.7. The highest BCUT2D eigenvalue weighted by atomic mass is 16.6. The first-order valence-corrected chi connectivity index (χ1v) is 7.70. The summed E-state index contributed by atoms with van der Waals surface area (Å²) >= 11 is 0. The van der Waals surface area contributed by atoms with Crippen molar-refractivity contribution in [3.8, 4) is 5.75 Å². The molecule has 0 aliphatic rings. The molecular weight excluding hydrogens is 306 g/mol. The van der Waals surface area contributed by atoms with Gasteiger partial charge in [0.1, 0.15) is 5.75 Å². The van der Waals surface area contributed by atoms with Crippen LogP contribution in [0, 0.1) is 13.8 Å². The van der Waals surface area contributed by atoms with Gasteiger partial charge in [-0.25, -0.2) is 4.79 Å². The van der Waals surface area contributed by atoms with Crippen molar-refractivity contribution >= 4 is 11.9 Å². The summed E-state index contributed by atoms with van der Waals surface area (Å²) in [5.74, 6) is -0.346. The van der Waals surface area contributed by atoms with Crippen LogP contribution < -0.4 is 10.1 Å². The molecule has 2 aromatic carbocycles. The van der Waals surface area contributed by atoms with Crippen molar-refractivity contribution in [1.82, 2.24) is 5.32 Å². The highest BCUT2D eigenvalue weighted by molar-refractivity contribution is 5.80. The van der Waals surface area contributed by atoms with Gasteiger partial charge in [0.2, 0.25) is 0 Å². The number of rotatable bonds is 7. The van der Waals surface area contributed by atoms with Crippen molar-refractivity contribution < 1.29 is 19.1 Å². The molecule has 0 radical (unpaired) electrons. The van der Waals surface area contributed by atoms with Crippen LogP contribution in [-0.4, -0.2) is 25.1 Å². The lowest BCUT2D eigenvalue weighted by Crippen LogP contribution is -2.29. The van der Waals surface area contributed by atoms with Crippen LogP contribution in [0.15, 0.2) is 48.5 Å². The molecule has 1 N–H and O–H groups in total. The molecule has 0 spiro atoms. The molecule has 0 bridgehead atoms. The zero-order valence-electron chi connectivity index (χ0n) is 13.9. The largest absolute Gasteiger partial charge is 0.482 e. The number of ether oxygens (including phenoxy) is 2. The minimum atomic E-state index is -0.582. The molecule has 0 aromatic heterocycles. The molecule has 0 unspecified atom stereocenters. The first-order chi connectivity index (χ1) is 11.5. The summed E-state index contributed by atoms with van der Waals surface area (Å²) in [5, 5.41) is 2.70. The van der Waals surface area contributed by atoms with E-state index in [0.717, 1.165) is 16.7 Å². The van der Waals surface area contributed by atoms with E-state index in [9.17, 15) is 9.59 Å². The zero-order chi connectivity index (χ0) is 17.4. The Morgan fingerprint density at radius 1 is 0.875 bits per heavy atom. The van der Waals surface area contributed by atoms with E-state index in [4.69, 9.17) is 9.47 Å². The summed E-state index contributed by atoms with van der Waals surface area (Å²) in [5.41, 5.74) is 3.26. The van der Waals surface area contributed by atoms with E-state index in [1.54, 1.807) is 12.1 Å². The molecule has 0 aliphatic heterocycles. The monoisotopic (exact) mass is 327 g/mol. The summed E-state index contributed by atoms with van der Waals surface area (Å²) in [6.45, 7) is 3.82. The first-order valence-electron chi connectivity index (χ1n) is 7.70. The van der Waals surface area contributed by atoms with E-state index in [1.807, 2.05) is 50.2 Å². The van der Waals surface area contributed by atoms with Gasteiger partial charge in [0, 0.05) is 6.54 Å². The standard InChI is InChI=1S/C19H21NO4/c1-14-3-7-16(8-4-14)11-20-18(21)12-24-19(22)13-23-17-9-5-15(2)6-10-17/h3-10H,11-13H2,1-2H3,(H,20,21). The van der Waals surface area contributed by atoms with Gasteiger partial charge in [-0.1, -0.05) is 47.5 Å². The molecule has 0 aliphatic carbocycles. The van der Waals surface area contributed by atoms with E-state index in [1.165, 1.54) is 0 Å². The minimum absolute atomic E-state index is 0.228. The molecule has 24 heavy (non-hydrogen) atoms. The Bertz CT molecular complexity index is 616. The first kappa shape index (κ1) is 17.5. The normalized spacial score (nSPS) is 10.1. The number of benzene rings is 2. The summed E-state index contributed by atoms with van der Waals surface area (Å²) in [6, 6.07) is 15.2. The second-order valence-corrected chi connectivity index (χ2v) is 5.52. The van der Waals surface area contributed by atoms with Gasteiger partial charge in [0.25, 0.3) is 5.91 Å². The molecule has 0 heterocycles. The summed E-state index contributed by atoms with van der Waals surface area (Å²) < 4.78 is 10.2. The topological polar surface area (TPSA) is 64.6 Å². The number of esters is 1. The molecular formula is C19H21NO4. The molecule has 2 rings (SSSR count). The predicted octanol–water partition coefficient (Wildman–Crippen LogP) is 2.54. The molecule has 126 valence electrons. The number of hydrogen-bond donors (Lipinski definition) is 1. The third-order valence-corrected chi connectivity index (χ3v) is 3.35. The minimum Gasteiger partial charge on any atom is -0.482 e. The Balaban J connectivity index is 1.64. The molecule has 0 saturated heterocycles. The summed E-state index contributed by atoms with van der Waals surface area (Å²) in [4.78, 5) is 23.2. The fourth-order valence-corrected chi connectivity index (χ4v) is 1.92. The second-order valence-electron chi connectivity index (χ2n) is 5.52. The van der Waals surface area contributed by atoms with Crippen molar-refractivity contribution in [1.29, 1.82) is 0 Å². The highest BCUT2D eigenvalue weighted by Crippen LogP contribution is 2.11. The predicted molar refractivity (Wildman–Crippen MR) is 90.7 cm³/mol. The lowest BCUT2D eigenvalue weighted by molar-refractivity contribution is -0.150. The van der Waals surface area contributed by atoms with Crippen molar-refractivity contribution in [2.75, 3.05) is 13.2 Å². The number of carbonyl (C=O) groups excluding carboxylic acids is 2. The third-order valence-electron chi connectivity index (χ3n) is 3.35. The van der Waals surface area contributed by atoms with Crippen LogP contribution in [0.2, 0.25) is 0 Å². The quantitative estimate of drug-likeness (QED) is 0.794. The number of hydrogen-bond acceptors (Lipinski definition) is 4. The Labute approximate surface area is 141 Å². The van der Waals surface area contributed by atoms with Gasteiger partial charge in [-0.15, -0.1) is 0 Å².